The van der Waals surface area contributed by atoms with Gasteiger partial charge < -0.3 is 14.6 Å². The van der Waals surface area contributed by atoms with Gasteiger partial charge in [0.05, 0.1) is 13.0 Å². The third-order valence-electron chi connectivity index (χ3n) is 5.99. The Hall–Kier alpha value is -2.77. The number of carbonyl (C=O) groups is 2. The number of hydrogen-bond donors (Lipinski definition) is 1. The number of amides is 1. The van der Waals surface area contributed by atoms with Crippen molar-refractivity contribution in [2.45, 2.75) is 25.0 Å². The van der Waals surface area contributed by atoms with Crippen molar-refractivity contribution < 1.29 is 24.2 Å². The average Bonchev–Trinajstić information content (AvgIpc) is 3.10. The van der Waals surface area contributed by atoms with Gasteiger partial charge in [-0.1, -0.05) is 23.7 Å². The van der Waals surface area contributed by atoms with Gasteiger partial charge in [0.15, 0.2) is 0 Å². The molecule has 2 aliphatic rings. The Kier molecular flexibility index (Phi) is 6.34. The highest BCUT2D eigenvalue weighted by Crippen LogP contribution is 2.39. The molecule has 2 fully saturated rings. The van der Waals surface area contributed by atoms with Gasteiger partial charge in [-0.3, -0.25) is 14.6 Å². The molecule has 0 unspecified atom stereocenters. The zero-order valence-corrected chi connectivity index (χ0v) is 18.0. The maximum Gasteiger partial charge on any atom is 0.415 e. The summed E-state index contributed by atoms with van der Waals surface area (Å²) in [7, 11) is 1.61. The molecule has 7 nitrogen and oxygen atoms in total. The Morgan fingerprint density at radius 1 is 1.19 bits per heavy atom. The van der Waals surface area contributed by atoms with Gasteiger partial charge >= 0.3 is 12.1 Å². The number of carbonyl (C=O) groups excluding carboxylic acids is 1. The first-order valence-corrected chi connectivity index (χ1v) is 10.7. The van der Waals surface area contributed by atoms with E-state index in [0.717, 1.165) is 5.56 Å². The molecule has 31 heavy (non-hydrogen) atoms. The van der Waals surface area contributed by atoms with Crippen LogP contribution < -0.4 is 9.64 Å². The Bertz CT molecular complexity index is 943. The lowest BCUT2D eigenvalue weighted by Crippen LogP contribution is -2.42. The molecule has 1 amide bonds. The molecule has 0 radical (unpaired) electrons. The van der Waals surface area contributed by atoms with E-state index < -0.39 is 18.2 Å². The molecule has 2 atom stereocenters. The topological polar surface area (TPSA) is 79.3 Å². The Labute approximate surface area is 186 Å². The second kappa shape index (κ2) is 9.16. The summed E-state index contributed by atoms with van der Waals surface area (Å²) in [6.07, 6.45) is 0.374. The minimum absolute atomic E-state index is 0.304. The fraction of sp³-hybridized carbons (Fsp3) is 0.391. The highest BCUT2D eigenvalue weighted by Gasteiger charge is 2.44. The first-order chi connectivity index (χ1) is 15.0. The normalized spacial score (nSPS) is 22.4. The van der Waals surface area contributed by atoms with Crippen LogP contribution >= 0.6 is 11.6 Å². The molecule has 2 heterocycles. The fourth-order valence-corrected chi connectivity index (χ4v) is 4.47. The number of ether oxygens (including phenoxy) is 2. The van der Waals surface area contributed by atoms with E-state index in [0.29, 0.717) is 48.9 Å². The molecule has 0 aromatic heterocycles. The largest absolute Gasteiger partial charge is 0.497 e. The number of rotatable bonds is 6. The molecule has 0 bridgehead atoms. The number of halogens is 1. The van der Waals surface area contributed by atoms with E-state index in [1.807, 2.05) is 24.3 Å². The SMILES string of the molecule is COc1cccc([C@H]2[C@H](CN3CCC(C(=O)O)CC3)OC(=O)N2c2ccc(Cl)cc2)c1. The zero-order valence-electron chi connectivity index (χ0n) is 17.2. The lowest BCUT2D eigenvalue weighted by atomic mass is 9.95. The Balaban J connectivity index is 1.61. The van der Waals surface area contributed by atoms with Gasteiger partial charge in [-0.2, -0.15) is 0 Å². The summed E-state index contributed by atoms with van der Waals surface area (Å²) < 4.78 is 11.2. The number of aliphatic carboxylic acids is 1. The van der Waals surface area contributed by atoms with Gasteiger partial charge in [0.1, 0.15) is 17.9 Å². The molecule has 0 aliphatic carbocycles. The number of nitrogens with zero attached hydrogens (tertiary/aromatic N) is 2. The molecular weight excluding hydrogens is 420 g/mol. The van der Waals surface area contributed by atoms with Crippen LogP contribution in [0.25, 0.3) is 0 Å². The second-order valence-corrected chi connectivity index (χ2v) is 8.34. The number of carboxylic acids is 1. The van der Waals surface area contributed by atoms with Crippen LogP contribution in [0.1, 0.15) is 24.4 Å². The number of methoxy groups -OCH3 is 1. The highest BCUT2D eigenvalue weighted by molar-refractivity contribution is 6.30. The Morgan fingerprint density at radius 2 is 1.90 bits per heavy atom. The van der Waals surface area contributed by atoms with Crippen molar-refractivity contribution in [2.24, 2.45) is 5.92 Å². The quantitative estimate of drug-likeness (QED) is 0.718. The summed E-state index contributed by atoms with van der Waals surface area (Å²) in [6.45, 7) is 1.86. The lowest BCUT2D eigenvalue weighted by Gasteiger charge is -2.33. The fourth-order valence-electron chi connectivity index (χ4n) is 4.34. The summed E-state index contributed by atoms with van der Waals surface area (Å²) in [5, 5.41) is 9.84. The number of piperidine rings is 1. The minimum atomic E-state index is -0.741. The van der Waals surface area contributed by atoms with Crippen LogP contribution in [-0.2, 0) is 9.53 Å². The molecule has 2 aromatic carbocycles. The number of likely N-dealkylation sites (tertiary alicyclic amines) is 1. The van der Waals surface area contributed by atoms with Crippen molar-refractivity contribution in [1.29, 1.82) is 0 Å². The van der Waals surface area contributed by atoms with Crippen molar-refractivity contribution >= 4 is 29.4 Å². The Morgan fingerprint density at radius 3 is 2.55 bits per heavy atom. The summed E-state index contributed by atoms with van der Waals surface area (Å²) in [6, 6.07) is 14.4. The van der Waals surface area contributed by atoms with Crippen molar-refractivity contribution in [3.05, 3.63) is 59.1 Å². The van der Waals surface area contributed by atoms with Crippen LogP contribution in [-0.4, -0.2) is 54.9 Å². The maximum absolute atomic E-state index is 12.9. The van der Waals surface area contributed by atoms with Crippen LogP contribution in [0, 0.1) is 5.92 Å². The molecule has 2 saturated heterocycles. The van der Waals surface area contributed by atoms with E-state index in [2.05, 4.69) is 4.90 Å². The molecule has 1 N–H and O–H groups in total. The summed E-state index contributed by atoms with van der Waals surface area (Å²) in [5.41, 5.74) is 1.61. The summed E-state index contributed by atoms with van der Waals surface area (Å²) in [5.74, 6) is -0.342. The van der Waals surface area contributed by atoms with Gasteiger partial charge in [0.25, 0.3) is 0 Å². The molecule has 2 aliphatic heterocycles. The van der Waals surface area contributed by atoms with Crippen LogP contribution in [0.3, 0.4) is 0 Å². The molecule has 4 rings (SSSR count). The molecule has 0 spiro atoms. The van der Waals surface area contributed by atoms with Gasteiger partial charge in [-0.25, -0.2) is 4.79 Å². The van der Waals surface area contributed by atoms with E-state index in [-0.39, 0.29) is 12.0 Å². The third kappa shape index (κ3) is 4.62. The van der Waals surface area contributed by atoms with Crippen molar-refractivity contribution in [1.82, 2.24) is 4.90 Å². The first kappa shape index (κ1) is 21.5. The molecule has 164 valence electrons. The van der Waals surface area contributed by atoms with E-state index in [1.165, 1.54) is 0 Å². The molecule has 8 heteroatoms. The second-order valence-electron chi connectivity index (χ2n) is 7.90. The third-order valence-corrected chi connectivity index (χ3v) is 6.25. The highest BCUT2D eigenvalue weighted by atomic mass is 35.5. The van der Waals surface area contributed by atoms with Gasteiger partial charge in [0.2, 0.25) is 0 Å². The predicted molar refractivity (Wildman–Crippen MR) is 117 cm³/mol. The number of hydrogen-bond acceptors (Lipinski definition) is 5. The number of cyclic esters (lactones) is 1. The number of anilines is 1. The predicted octanol–water partition coefficient (Wildman–Crippen LogP) is 4.21. The van der Waals surface area contributed by atoms with E-state index in [4.69, 9.17) is 21.1 Å². The molecule has 2 aromatic rings. The van der Waals surface area contributed by atoms with Gasteiger partial charge in [0, 0.05) is 17.3 Å². The smallest absolute Gasteiger partial charge is 0.415 e. The minimum Gasteiger partial charge on any atom is -0.497 e. The van der Waals surface area contributed by atoms with Crippen molar-refractivity contribution in [3.63, 3.8) is 0 Å². The number of carboxylic acid groups (broad SMARTS) is 1. The van der Waals surface area contributed by atoms with Crippen molar-refractivity contribution in [2.75, 3.05) is 31.6 Å². The maximum atomic E-state index is 12.9. The average molecular weight is 445 g/mol. The number of benzene rings is 2. The van der Waals surface area contributed by atoms with E-state index >= 15 is 0 Å². The van der Waals surface area contributed by atoms with E-state index in [1.54, 1.807) is 36.3 Å². The van der Waals surface area contributed by atoms with Gasteiger partial charge in [-0.05, 0) is 67.9 Å². The van der Waals surface area contributed by atoms with Crippen LogP contribution in [0.5, 0.6) is 5.75 Å². The van der Waals surface area contributed by atoms with Gasteiger partial charge in [-0.15, -0.1) is 0 Å². The van der Waals surface area contributed by atoms with Crippen LogP contribution in [0.2, 0.25) is 5.02 Å². The van der Waals surface area contributed by atoms with Crippen LogP contribution in [0.15, 0.2) is 48.5 Å². The van der Waals surface area contributed by atoms with Crippen molar-refractivity contribution in [3.8, 4) is 5.75 Å². The summed E-state index contributed by atoms with van der Waals surface area (Å²) >= 11 is 6.04. The molecular formula is C23H25ClN2O5. The lowest BCUT2D eigenvalue weighted by molar-refractivity contribution is -0.143. The molecule has 0 saturated carbocycles. The standard InChI is InChI=1S/C23H25ClN2O5/c1-30-19-4-2-3-16(13-19)21-20(14-25-11-9-15(10-12-25)22(27)28)31-23(29)26(21)18-7-5-17(24)6-8-18/h2-8,13,15,20-21H,9-12,14H2,1H3,(H,27,28)/t20-,21-/m0/s1. The van der Waals surface area contributed by atoms with Crippen LogP contribution in [0.4, 0.5) is 10.5 Å². The monoisotopic (exact) mass is 444 g/mol. The first-order valence-electron chi connectivity index (χ1n) is 10.3. The summed E-state index contributed by atoms with van der Waals surface area (Å²) in [4.78, 5) is 28.0. The zero-order chi connectivity index (χ0) is 22.0. The van der Waals surface area contributed by atoms with E-state index in [9.17, 15) is 14.7 Å².